The number of hydrogen-bond donors (Lipinski definition) is 0. The SMILES string of the molecule is C=C(C)CC(=O)C1CC12CC2. The number of carbonyl (C=O) groups excluding carboxylic acids is 1. The highest BCUT2D eigenvalue weighted by molar-refractivity contribution is 5.87. The third-order valence-electron chi connectivity index (χ3n) is 2.95. The van der Waals surface area contributed by atoms with Crippen LogP contribution in [-0.4, -0.2) is 5.78 Å². The van der Waals surface area contributed by atoms with Crippen LogP contribution in [0.3, 0.4) is 0 Å². The lowest BCUT2D eigenvalue weighted by Crippen LogP contribution is -2.02. The van der Waals surface area contributed by atoms with Crippen LogP contribution in [0.5, 0.6) is 0 Å². The van der Waals surface area contributed by atoms with Gasteiger partial charge in [0.2, 0.25) is 0 Å². The summed E-state index contributed by atoms with van der Waals surface area (Å²) in [5, 5.41) is 0. The summed E-state index contributed by atoms with van der Waals surface area (Å²) in [6.45, 7) is 5.68. The molecule has 0 aromatic carbocycles. The van der Waals surface area contributed by atoms with Gasteiger partial charge in [0.25, 0.3) is 0 Å². The lowest BCUT2D eigenvalue weighted by molar-refractivity contribution is -0.120. The van der Waals surface area contributed by atoms with Gasteiger partial charge in [-0.1, -0.05) is 12.2 Å². The molecule has 2 aliphatic carbocycles. The van der Waals surface area contributed by atoms with Gasteiger partial charge < -0.3 is 0 Å². The fraction of sp³-hybridized carbons (Fsp3) is 0.700. The number of rotatable bonds is 3. The average molecular weight is 150 g/mol. The normalized spacial score (nSPS) is 30.1. The first-order valence-electron chi connectivity index (χ1n) is 4.31. The summed E-state index contributed by atoms with van der Waals surface area (Å²) in [6, 6.07) is 0. The van der Waals surface area contributed by atoms with Crippen LogP contribution in [0.25, 0.3) is 0 Å². The van der Waals surface area contributed by atoms with Gasteiger partial charge in [-0.05, 0) is 31.6 Å². The Morgan fingerprint density at radius 3 is 2.64 bits per heavy atom. The van der Waals surface area contributed by atoms with E-state index in [-0.39, 0.29) is 0 Å². The number of carbonyl (C=O) groups is 1. The standard InChI is InChI=1S/C10H14O/c1-7(2)5-9(11)8-6-10(8)3-4-10/h8H,1,3-6H2,2H3. The third-order valence-corrected chi connectivity index (χ3v) is 2.95. The van der Waals surface area contributed by atoms with Gasteiger partial charge in [0.05, 0.1) is 0 Å². The topological polar surface area (TPSA) is 17.1 Å². The second-order valence-electron chi connectivity index (χ2n) is 4.22. The molecule has 0 radical (unpaired) electrons. The molecular weight excluding hydrogens is 136 g/mol. The molecule has 0 saturated heterocycles. The molecule has 1 heteroatoms. The largest absolute Gasteiger partial charge is 0.299 e. The predicted octanol–water partition coefficient (Wildman–Crippen LogP) is 2.32. The summed E-state index contributed by atoms with van der Waals surface area (Å²) in [4.78, 5) is 11.4. The van der Waals surface area contributed by atoms with Crippen LogP contribution >= 0.6 is 0 Å². The highest BCUT2D eigenvalue weighted by atomic mass is 16.1. The molecule has 0 amide bonds. The molecule has 1 atom stereocenters. The van der Waals surface area contributed by atoms with Crippen LogP contribution in [0.4, 0.5) is 0 Å². The Balaban J connectivity index is 1.87. The Labute approximate surface area is 67.5 Å². The summed E-state index contributed by atoms with van der Waals surface area (Å²) in [6.07, 6.45) is 4.41. The van der Waals surface area contributed by atoms with E-state index in [2.05, 4.69) is 6.58 Å². The highest BCUT2D eigenvalue weighted by Crippen LogP contribution is 2.71. The predicted molar refractivity (Wildman–Crippen MR) is 44.2 cm³/mol. The van der Waals surface area contributed by atoms with Gasteiger partial charge in [-0.15, -0.1) is 0 Å². The number of Topliss-reactive ketones (excluding diaryl/α,β-unsaturated/α-hetero) is 1. The minimum atomic E-state index is 0.430. The maximum atomic E-state index is 11.4. The van der Waals surface area contributed by atoms with E-state index in [4.69, 9.17) is 0 Å². The molecule has 2 aliphatic rings. The second kappa shape index (κ2) is 1.96. The monoisotopic (exact) mass is 150 g/mol. The van der Waals surface area contributed by atoms with Gasteiger partial charge >= 0.3 is 0 Å². The summed E-state index contributed by atoms with van der Waals surface area (Å²) in [5.41, 5.74) is 1.55. The third kappa shape index (κ3) is 1.13. The zero-order chi connectivity index (χ0) is 8.06. The fourth-order valence-corrected chi connectivity index (χ4v) is 1.94. The van der Waals surface area contributed by atoms with Gasteiger partial charge in [-0.2, -0.15) is 0 Å². The lowest BCUT2D eigenvalue weighted by atomic mass is 10.1. The fourth-order valence-electron chi connectivity index (χ4n) is 1.94. The van der Waals surface area contributed by atoms with E-state index in [1.54, 1.807) is 0 Å². The molecule has 60 valence electrons. The Morgan fingerprint density at radius 1 is 1.64 bits per heavy atom. The molecule has 0 aromatic heterocycles. The first-order valence-corrected chi connectivity index (χ1v) is 4.31. The maximum Gasteiger partial charge on any atom is 0.140 e. The van der Waals surface area contributed by atoms with E-state index in [0.717, 1.165) is 5.57 Å². The summed E-state index contributed by atoms with van der Waals surface area (Å²) < 4.78 is 0. The van der Waals surface area contributed by atoms with Gasteiger partial charge in [-0.25, -0.2) is 0 Å². The smallest absolute Gasteiger partial charge is 0.140 e. The van der Waals surface area contributed by atoms with Crippen molar-refractivity contribution in [1.29, 1.82) is 0 Å². The van der Waals surface area contributed by atoms with Crippen molar-refractivity contribution in [1.82, 2.24) is 0 Å². The van der Waals surface area contributed by atoms with Crippen molar-refractivity contribution in [3.63, 3.8) is 0 Å². The molecule has 0 bridgehead atoms. The van der Waals surface area contributed by atoms with E-state index in [0.29, 0.717) is 23.5 Å². The highest BCUT2D eigenvalue weighted by Gasteiger charge is 2.65. The molecule has 2 rings (SSSR count). The first kappa shape index (κ1) is 7.08. The zero-order valence-corrected chi connectivity index (χ0v) is 7.02. The van der Waals surface area contributed by atoms with Crippen LogP contribution < -0.4 is 0 Å². The van der Waals surface area contributed by atoms with Crippen molar-refractivity contribution in [3.8, 4) is 0 Å². The molecule has 0 aliphatic heterocycles. The Hall–Kier alpha value is -0.590. The maximum absolute atomic E-state index is 11.4. The minimum absolute atomic E-state index is 0.430. The molecule has 2 fully saturated rings. The van der Waals surface area contributed by atoms with Gasteiger partial charge in [0.15, 0.2) is 0 Å². The van der Waals surface area contributed by atoms with Crippen LogP contribution in [-0.2, 0) is 4.79 Å². The number of ketones is 1. The van der Waals surface area contributed by atoms with Crippen molar-refractivity contribution in [2.24, 2.45) is 11.3 Å². The summed E-state index contributed by atoms with van der Waals surface area (Å²) in [5.74, 6) is 0.870. The van der Waals surface area contributed by atoms with Crippen LogP contribution in [0, 0.1) is 11.3 Å². The summed E-state index contributed by atoms with van der Waals surface area (Å²) in [7, 11) is 0. The van der Waals surface area contributed by atoms with Crippen molar-refractivity contribution in [2.45, 2.75) is 32.6 Å². The van der Waals surface area contributed by atoms with E-state index in [9.17, 15) is 4.79 Å². The van der Waals surface area contributed by atoms with E-state index >= 15 is 0 Å². The molecule has 1 spiro atoms. The first-order chi connectivity index (χ1) is 5.14. The van der Waals surface area contributed by atoms with Gasteiger partial charge in [0, 0.05) is 12.3 Å². The van der Waals surface area contributed by atoms with Crippen LogP contribution in [0.15, 0.2) is 12.2 Å². The Bertz CT molecular complexity index is 223. The van der Waals surface area contributed by atoms with E-state index < -0.39 is 0 Å². The number of hydrogen-bond acceptors (Lipinski definition) is 1. The van der Waals surface area contributed by atoms with E-state index in [1.165, 1.54) is 19.3 Å². The molecule has 0 heterocycles. The zero-order valence-electron chi connectivity index (χ0n) is 7.02. The number of allylic oxidation sites excluding steroid dienone is 1. The van der Waals surface area contributed by atoms with Crippen LogP contribution in [0.2, 0.25) is 0 Å². The quantitative estimate of drug-likeness (QED) is 0.564. The molecule has 1 unspecified atom stereocenters. The molecule has 1 nitrogen and oxygen atoms in total. The molecule has 11 heavy (non-hydrogen) atoms. The lowest BCUT2D eigenvalue weighted by Gasteiger charge is -1.96. The minimum Gasteiger partial charge on any atom is -0.299 e. The Kier molecular flexibility index (Phi) is 1.26. The summed E-state index contributed by atoms with van der Waals surface area (Å²) >= 11 is 0. The Morgan fingerprint density at radius 2 is 2.27 bits per heavy atom. The molecule has 0 N–H and O–H groups in total. The molecule has 0 aromatic rings. The van der Waals surface area contributed by atoms with Crippen molar-refractivity contribution < 1.29 is 4.79 Å². The van der Waals surface area contributed by atoms with Gasteiger partial charge in [0.1, 0.15) is 5.78 Å². The molecular formula is C10H14O. The van der Waals surface area contributed by atoms with Crippen molar-refractivity contribution in [2.75, 3.05) is 0 Å². The molecule has 2 saturated carbocycles. The van der Waals surface area contributed by atoms with Gasteiger partial charge in [-0.3, -0.25) is 4.79 Å². The second-order valence-corrected chi connectivity index (χ2v) is 4.22. The van der Waals surface area contributed by atoms with Crippen LogP contribution in [0.1, 0.15) is 32.6 Å². The van der Waals surface area contributed by atoms with Crippen molar-refractivity contribution in [3.05, 3.63) is 12.2 Å². The average Bonchev–Trinajstić information content (AvgIpc) is 2.73. The van der Waals surface area contributed by atoms with Crippen molar-refractivity contribution >= 4 is 5.78 Å². The van der Waals surface area contributed by atoms with E-state index in [1.807, 2.05) is 6.92 Å².